The maximum atomic E-state index is 12.3. The van der Waals surface area contributed by atoms with E-state index in [-0.39, 0.29) is 5.75 Å². The second-order valence-corrected chi connectivity index (χ2v) is 7.03. The van der Waals surface area contributed by atoms with E-state index < -0.39 is 20.4 Å². The molecule has 0 spiro atoms. The lowest BCUT2D eigenvalue weighted by atomic mass is 10.2. The zero-order valence-corrected chi connectivity index (χ0v) is 13.2. The molecule has 5 nitrogen and oxygen atoms in total. The minimum Gasteiger partial charge on any atom is -0.312 e. The maximum Gasteiger partial charge on any atom is 0.288 e. The van der Waals surface area contributed by atoms with Crippen molar-refractivity contribution in [1.82, 2.24) is 9.55 Å². The van der Waals surface area contributed by atoms with Crippen LogP contribution in [0.3, 0.4) is 0 Å². The highest BCUT2D eigenvalue weighted by Crippen LogP contribution is 2.15. The van der Waals surface area contributed by atoms with Crippen molar-refractivity contribution < 1.29 is 8.42 Å². The van der Waals surface area contributed by atoms with E-state index in [0.29, 0.717) is 12.1 Å². The van der Waals surface area contributed by atoms with Gasteiger partial charge in [-0.15, -0.1) is 0 Å². The summed E-state index contributed by atoms with van der Waals surface area (Å²) in [5, 5.41) is -0.398. The zero-order valence-electron chi connectivity index (χ0n) is 10.8. The van der Waals surface area contributed by atoms with Crippen LogP contribution in [0.5, 0.6) is 0 Å². The minimum atomic E-state index is -3.75. The number of sulfone groups is 1. The molecule has 0 radical (unpaired) electrons. The summed E-state index contributed by atoms with van der Waals surface area (Å²) in [4.78, 5) is 15.7. The fraction of sp³-hybridized carbons (Fsp3) is 0.231. The molecule has 0 amide bonds. The molecule has 0 fully saturated rings. The predicted octanol–water partition coefficient (Wildman–Crippen LogP) is 2.00. The van der Waals surface area contributed by atoms with Crippen molar-refractivity contribution in [2.24, 2.45) is 0 Å². The van der Waals surface area contributed by atoms with Gasteiger partial charge in [-0.05, 0) is 24.6 Å². The van der Waals surface area contributed by atoms with Crippen molar-refractivity contribution in [2.75, 3.05) is 0 Å². The second kappa shape index (κ2) is 5.88. The van der Waals surface area contributed by atoms with Crippen molar-refractivity contribution in [3.63, 3.8) is 0 Å². The lowest BCUT2D eigenvalue weighted by molar-refractivity contribution is 0.583. The molecule has 1 aromatic heterocycles. The molecule has 7 heteroatoms. The fourth-order valence-corrected chi connectivity index (χ4v) is 3.40. The van der Waals surface area contributed by atoms with Gasteiger partial charge < -0.3 is 4.57 Å². The standard InChI is InChI=1S/C13H13BrN2O3S/c1-2-16-8-7-15-12(13(16)17)20(18,19)9-10-3-5-11(14)6-4-10/h3-8H,2,9H2,1H3. The summed E-state index contributed by atoms with van der Waals surface area (Å²) in [6, 6.07) is 6.91. The maximum absolute atomic E-state index is 12.3. The van der Waals surface area contributed by atoms with E-state index >= 15 is 0 Å². The van der Waals surface area contributed by atoms with Crippen LogP contribution in [0.1, 0.15) is 12.5 Å². The number of halogens is 1. The Balaban J connectivity index is 2.41. The molecule has 106 valence electrons. The van der Waals surface area contributed by atoms with E-state index in [2.05, 4.69) is 20.9 Å². The Kier molecular flexibility index (Phi) is 4.39. The Hall–Kier alpha value is -1.47. The molecule has 1 aromatic carbocycles. The molecule has 0 atom stereocenters. The lowest BCUT2D eigenvalue weighted by Gasteiger charge is -2.06. The molecule has 2 rings (SSSR count). The highest BCUT2D eigenvalue weighted by Gasteiger charge is 2.21. The SMILES string of the molecule is CCn1ccnc(S(=O)(=O)Cc2ccc(Br)cc2)c1=O. The summed E-state index contributed by atoms with van der Waals surface area (Å²) < 4.78 is 26.8. The molecule has 20 heavy (non-hydrogen) atoms. The quantitative estimate of drug-likeness (QED) is 0.839. The van der Waals surface area contributed by atoms with Gasteiger partial charge in [-0.1, -0.05) is 28.1 Å². The van der Waals surface area contributed by atoms with Crippen LogP contribution in [0.4, 0.5) is 0 Å². The molecule has 0 bridgehead atoms. The lowest BCUT2D eigenvalue weighted by Crippen LogP contribution is -2.27. The van der Waals surface area contributed by atoms with Crippen LogP contribution in [0.2, 0.25) is 0 Å². The highest BCUT2D eigenvalue weighted by molar-refractivity contribution is 9.10. The van der Waals surface area contributed by atoms with E-state index in [1.54, 1.807) is 31.2 Å². The van der Waals surface area contributed by atoms with Crippen LogP contribution < -0.4 is 5.56 Å². The van der Waals surface area contributed by atoms with Crippen LogP contribution in [0.15, 0.2) is 51.0 Å². The highest BCUT2D eigenvalue weighted by atomic mass is 79.9. The number of rotatable bonds is 4. The molecule has 0 aliphatic carbocycles. The van der Waals surface area contributed by atoms with Crippen molar-refractivity contribution in [1.29, 1.82) is 0 Å². The summed E-state index contributed by atoms with van der Waals surface area (Å²) in [7, 11) is -3.75. The fourth-order valence-electron chi connectivity index (χ4n) is 1.76. The number of benzene rings is 1. The number of nitrogens with zero attached hydrogens (tertiary/aromatic N) is 2. The van der Waals surface area contributed by atoms with Gasteiger partial charge in [0.1, 0.15) is 0 Å². The molecule has 0 saturated carbocycles. The third-order valence-electron chi connectivity index (χ3n) is 2.79. The topological polar surface area (TPSA) is 69.0 Å². The first-order chi connectivity index (χ1) is 9.44. The van der Waals surface area contributed by atoms with E-state index in [4.69, 9.17) is 0 Å². The summed E-state index contributed by atoms with van der Waals surface area (Å²) in [6.45, 7) is 2.18. The monoisotopic (exact) mass is 356 g/mol. The van der Waals surface area contributed by atoms with Crippen molar-refractivity contribution in [3.8, 4) is 0 Å². The first-order valence-electron chi connectivity index (χ1n) is 5.96. The summed E-state index contributed by atoms with van der Waals surface area (Å²) in [5.74, 6) is -0.240. The largest absolute Gasteiger partial charge is 0.312 e. The first-order valence-corrected chi connectivity index (χ1v) is 8.41. The van der Waals surface area contributed by atoms with E-state index in [1.165, 1.54) is 17.0 Å². The summed E-state index contributed by atoms with van der Waals surface area (Å²) in [6.07, 6.45) is 2.81. The van der Waals surface area contributed by atoms with E-state index in [1.807, 2.05) is 0 Å². The third kappa shape index (κ3) is 3.16. The number of aryl methyl sites for hydroxylation is 1. The van der Waals surface area contributed by atoms with Crippen molar-refractivity contribution in [3.05, 3.63) is 57.0 Å². The van der Waals surface area contributed by atoms with Crippen molar-refractivity contribution in [2.45, 2.75) is 24.2 Å². The number of hydrogen-bond donors (Lipinski definition) is 0. The van der Waals surface area contributed by atoms with Gasteiger partial charge >= 0.3 is 0 Å². The Labute approximate surface area is 125 Å². The Bertz CT molecular complexity index is 767. The van der Waals surface area contributed by atoms with Crippen molar-refractivity contribution >= 4 is 25.8 Å². The number of aromatic nitrogens is 2. The molecule has 1 heterocycles. The third-order valence-corrected chi connectivity index (χ3v) is 4.90. The Morgan fingerprint density at radius 1 is 1.25 bits per heavy atom. The number of hydrogen-bond acceptors (Lipinski definition) is 4. The van der Waals surface area contributed by atoms with Gasteiger partial charge in [0.15, 0.2) is 0 Å². The molecular formula is C13H13BrN2O3S. The Morgan fingerprint density at radius 3 is 2.50 bits per heavy atom. The molecule has 0 N–H and O–H groups in total. The van der Waals surface area contributed by atoms with Crippen LogP contribution in [0, 0.1) is 0 Å². The smallest absolute Gasteiger partial charge is 0.288 e. The van der Waals surface area contributed by atoms with Gasteiger partial charge in [0.25, 0.3) is 5.56 Å². The van der Waals surface area contributed by atoms with Gasteiger partial charge in [-0.2, -0.15) is 0 Å². The normalized spacial score (nSPS) is 11.5. The molecule has 0 aliphatic rings. The van der Waals surface area contributed by atoms with Gasteiger partial charge in [-0.3, -0.25) is 4.79 Å². The van der Waals surface area contributed by atoms with Gasteiger partial charge in [0.05, 0.1) is 5.75 Å². The van der Waals surface area contributed by atoms with Gasteiger partial charge in [0, 0.05) is 23.4 Å². The van der Waals surface area contributed by atoms with Gasteiger partial charge in [0.2, 0.25) is 14.9 Å². The average molecular weight is 357 g/mol. The molecule has 0 saturated heterocycles. The molecule has 2 aromatic rings. The van der Waals surface area contributed by atoms with E-state index in [0.717, 1.165) is 4.47 Å². The molecule has 0 aliphatic heterocycles. The first kappa shape index (κ1) is 14.9. The summed E-state index contributed by atoms with van der Waals surface area (Å²) >= 11 is 3.29. The minimum absolute atomic E-state index is 0.240. The predicted molar refractivity (Wildman–Crippen MR) is 79.2 cm³/mol. The van der Waals surface area contributed by atoms with E-state index in [9.17, 15) is 13.2 Å². The zero-order chi connectivity index (χ0) is 14.8. The van der Waals surface area contributed by atoms with Gasteiger partial charge in [-0.25, -0.2) is 13.4 Å². The molecule has 0 unspecified atom stereocenters. The second-order valence-electron chi connectivity index (χ2n) is 4.21. The average Bonchev–Trinajstić information content (AvgIpc) is 2.41. The summed E-state index contributed by atoms with van der Waals surface area (Å²) in [5.41, 5.74) is 0.0356. The van der Waals surface area contributed by atoms with Crippen LogP contribution in [-0.2, 0) is 22.1 Å². The van der Waals surface area contributed by atoms with Crippen LogP contribution in [-0.4, -0.2) is 18.0 Å². The Morgan fingerprint density at radius 2 is 1.90 bits per heavy atom. The molecular weight excluding hydrogens is 344 g/mol. The van der Waals surface area contributed by atoms with Crippen LogP contribution in [0.25, 0.3) is 0 Å². The van der Waals surface area contributed by atoms with Crippen LogP contribution >= 0.6 is 15.9 Å².